The Hall–Kier alpha value is -2.62. The maximum absolute atomic E-state index is 4.77. The van der Waals surface area contributed by atoms with Crippen LogP contribution in [0.1, 0.15) is 49.4 Å². The molecule has 0 spiro atoms. The molecule has 1 unspecified atom stereocenters. The highest BCUT2D eigenvalue weighted by Crippen LogP contribution is 2.21. The summed E-state index contributed by atoms with van der Waals surface area (Å²) < 4.78 is 4.22. The summed E-state index contributed by atoms with van der Waals surface area (Å²) in [6.45, 7) is 6.66. The minimum Gasteiger partial charge on any atom is -0.308 e. The second-order valence-electron chi connectivity index (χ2n) is 6.88. The van der Waals surface area contributed by atoms with Crippen LogP contribution in [0.2, 0.25) is 0 Å². The van der Waals surface area contributed by atoms with Crippen LogP contribution in [0.4, 0.5) is 0 Å². The summed E-state index contributed by atoms with van der Waals surface area (Å²) in [5, 5.41) is 0. The number of hydrogen-bond acceptors (Lipinski definition) is 2. The Balaban J connectivity index is 1.60. The van der Waals surface area contributed by atoms with E-state index in [1.807, 2.05) is 24.5 Å². The highest BCUT2D eigenvalue weighted by Gasteiger charge is 2.11. The van der Waals surface area contributed by atoms with Gasteiger partial charge >= 0.3 is 0 Å². The van der Waals surface area contributed by atoms with Crippen LogP contribution in [0.5, 0.6) is 0 Å². The predicted molar refractivity (Wildman–Crippen MR) is 96.6 cm³/mol. The molecule has 4 aromatic rings. The molecular formula is C20H22N4. The molecule has 0 fully saturated rings. The van der Waals surface area contributed by atoms with Gasteiger partial charge in [-0.1, -0.05) is 26.8 Å². The standard InChI is InChI=1S/C20H22N4/c1-14(2)16-6-7-20-22-18(13-24(20)11-16)9-15(3)17-10-21-19-5-4-8-23(19)12-17/h4-8,10-15H,9H2,1-3H3. The third kappa shape index (κ3) is 2.68. The molecular weight excluding hydrogens is 296 g/mol. The molecule has 1 atom stereocenters. The van der Waals surface area contributed by atoms with Crippen LogP contribution in [0.3, 0.4) is 0 Å². The van der Waals surface area contributed by atoms with Gasteiger partial charge in [-0.2, -0.15) is 0 Å². The number of aromatic nitrogens is 4. The molecule has 0 radical (unpaired) electrons. The molecule has 0 aromatic carbocycles. The highest BCUT2D eigenvalue weighted by atomic mass is 15.0. The molecule has 0 saturated carbocycles. The van der Waals surface area contributed by atoms with Gasteiger partial charge in [0.15, 0.2) is 0 Å². The zero-order valence-corrected chi connectivity index (χ0v) is 14.3. The van der Waals surface area contributed by atoms with Crippen molar-refractivity contribution < 1.29 is 0 Å². The van der Waals surface area contributed by atoms with Crippen LogP contribution in [0.25, 0.3) is 11.3 Å². The summed E-state index contributed by atoms with van der Waals surface area (Å²) >= 11 is 0. The van der Waals surface area contributed by atoms with E-state index in [1.54, 1.807) is 0 Å². The summed E-state index contributed by atoms with van der Waals surface area (Å²) in [4.78, 5) is 9.28. The summed E-state index contributed by atoms with van der Waals surface area (Å²) in [6, 6.07) is 8.31. The average Bonchev–Trinajstić information content (AvgIpc) is 3.18. The van der Waals surface area contributed by atoms with E-state index in [0.29, 0.717) is 11.8 Å². The predicted octanol–water partition coefficient (Wildman–Crippen LogP) is 4.45. The Bertz CT molecular complexity index is 993. The van der Waals surface area contributed by atoms with E-state index in [9.17, 15) is 0 Å². The average molecular weight is 318 g/mol. The number of fused-ring (bicyclic) bond motifs is 2. The quantitative estimate of drug-likeness (QED) is 0.557. The first-order valence-electron chi connectivity index (χ1n) is 8.50. The first-order valence-corrected chi connectivity index (χ1v) is 8.50. The summed E-state index contributed by atoms with van der Waals surface area (Å²) in [6.07, 6.45) is 11.4. The third-order valence-corrected chi connectivity index (χ3v) is 4.67. The van der Waals surface area contributed by atoms with E-state index in [2.05, 4.69) is 65.3 Å². The topological polar surface area (TPSA) is 34.6 Å². The second-order valence-corrected chi connectivity index (χ2v) is 6.88. The summed E-state index contributed by atoms with van der Waals surface area (Å²) in [5.41, 5.74) is 5.69. The van der Waals surface area contributed by atoms with Gasteiger partial charge in [0.25, 0.3) is 0 Å². The van der Waals surface area contributed by atoms with Gasteiger partial charge in [-0.05, 0) is 47.6 Å². The molecule has 0 saturated heterocycles. The van der Waals surface area contributed by atoms with Gasteiger partial charge in [-0.25, -0.2) is 9.97 Å². The smallest absolute Gasteiger partial charge is 0.136 e. The fraction of sp³-hybridized carbons (Fsp3) is 0.300. The Morgan fingerprint density at radius 2 is 1.75 bits per heavy atom. The molecule has 0 aliphatic carbocycles. The van der Waals surface area contributed by atoms with Crippen molar-refractivity contribution in [3.05, 3.63) is 72.1 Å². The van der Waals surface area contributed by atoms with Gasteiger partial charge in [0, 0.05) is 31.0 Å². The van der Waals surface area contributed by atoms with E-state index in [0.717, 1.165) is 23.4 Å². The molecule has 4 rings (SSSR count). The molecule has 4 heterocycles. The molecule has 0 bridgehead atoms. The monoisotopic (exact) mass is 318 g/mol. The van der Waals surface area contributed by atoms with Gasteiger partial charge in [0.2, 0.25) is 0 Å². The molecule has 4 nitrogen and oxygen atoms in total. The highest BCUT2D eigenvalue weighted by molar-refractivity contribution is 5.43. The van der Waals surface area contributed by atoms with Crippen molar-refractivity contribution in [1.29, 1.82) is 0 Å². The van der Waals surface area contributed by atoms with Crippen LogP contribution in [0, 0.1) is 0 Å². The van der Waals surface area contributed by atoms with Crippen LogP contribution in [-0.4, -0.2) is 18.8 Å². The van der Waals surface area contributed by atoms with E-state index in [1.165, 1.54) is 11.1 Å². The van der Waals surface area contributed by atoms with E-state index < -0.39 is 0 Å². The van der Waals surface area contributed by atoms with E-state index >= 15 is 0 Å². The largest absolute Gasteiger partial charge is 0.308 e. The van der Waals surface area contributed by atoms with Gasteiger partial charge in [0.05, 0.1) is 5.69 Å². The van der Waals surface area contributed by atoms with Crippen molar-refractivity contribution in [1.82, 2.24) is 18.8 Å². The Morgan fingerprint density at radius 1 is 0.917 bits per heavy atom. The van der Waals surface area contributed by atoms with Crippen molar-refractivity contribution in [2.75, 3.05) is 0 Å². The molecule has 24 heavy (non-hydrogen) atoms. The van der Waals surface area contributed by atoms with Crippen LogP contribution in [0.15, 0.2) is 55.2 Å². The number of rotatable bonds is 4. The van der Waals surface area contributed by atoms with Crippen molar-refractivity contribution in [3.63, 3.8) is 0 Å². The normalized spacial score (nSPS) is 13.2. The molecule has 0 amide bonds. The van der Waals surface area contributed by atoms with Gasteiger partial charge in [-0.3, -0.25) is 0 Å². The van der Waals surface area contributed by atoms with Crippen LogP contribution < -0.4 is 0 Å². The zero-order chi connectivity index (χ0) is 16.7. The van der Waals surface area contributed by atoms with Crippen LogP contribution >= 0.6 is 0 Å². The number of hydrogen-bond donors (Lipinski definition) is 0. The minimum absolute atomic E-state index is 0.374. The molecule has 4 heteroatoms. The van der Waals surface area contributed by atoms with Crippen LogP contribution in [-0.2, 0) is 6.42 Å². The first-order chi connectivity index (χ1) is 11.6. The van der Waals surface area contributed by atoms with Crippen molar-refractivity contribution in [3.8, 4) is 0 Å². The third-order valence-electron chi connectivity index (χ3n) is 4.67. The maximum Gasteiger partial charge on any atom is 0.136 e. The SMILES string of the molecule is CC(C)c1ccc2nc(CC(C)c3cnc4cccn4c3)cn2c1. The minimum atomic E-state index is 0.374. The molecule has 0 aliphatic rings. The maximum atomic E-state index is 4.77. The number of pyridine rings is 1. The van der Waals surface area contributed by atoms with E-state index in [-0.39, 0.29) is 0 Å². The van der Waals surface area contributed by atoms with Crippen molar-refractivity contribution >= 4 is 11.3 Å². The Labute approximate surface area is 141 Å². The molecule has 0 aliphatic heterocycles. The molecule has 0 N–H and O–H groups in total. The van der Waals surface area contributed by atoms with Gasteiger partial charge in [0.1, 0.15) is 11.3 Å². The first kappa shape index (κ1) is 14.9. The summed E-state index contributed by atoms with van der Waals surface area (Å²) in [5.74, 6) is 0.900. The zero-order valence-electron chi connectivity index (χ0n) is 14.3. The Morgan fingerprint density at radius 3 is 2.58 bits per heavy atom. The molecule has 122 valence electrons. The van der Waals surface area contributed by atoms with Crippen molar-refractivity contribution in [2.24, 2.45) is 0 Å². The van der Waals surface area contributed by atoms with Gasteiger partial charge in [-0.15, -0.1) is 0 Å². The number of nitrogens with zero attached hydrogens (tertiary/aromatic N) is 4. The van der Waals surface area contributed by atoms with Gasteiger partial charge < -0.3 is 8.80 Å². The lowest BCUT2D eigenvalue weighted by Crippen LogP contribution is -2.01. The van der Waals surface area contributed by atoms with Crippen molar-refractivity contribution in [2.45, 2.75) is 39.0 Å². The lowest BCUT2D eigenvalue weighted by Gasteiger charge is -2.10. The van der Waals surface area contributed by atoms with E-state index in [4.69, 9.17) is 4.98 Å². The summed E-state index contributed by atoms with van der Waals surface area (Å²) in [7, 11) is 0. The Kier molecular flexibility index (Phi) is 3.60. The molecule has 4 aromatic heterocycles. The fourth-order valence-corrected chi connectivity index (χ4v) is 3.13. The number of imidazole rings is 1. The lowest BCUT2D eigenvalue weighted by molar-refractivity contribution is 0.734. The fourth-order valence-electron chi connectivity index (χ4n) is 3.13. The lowest BCUT2D eigenvalue weighted by atomic mass is 9.99. The second kappa shape index (κ2) is 5.78.